The zero-order chi connectivity index (χ0) is 13.2. The van der Waals surface area contributed by atoms with Crippen LogP contribution in [0.1, 0.15) is 32.8 Å². The monoisotopic (exact) mass is 311 g/mol. The van der Waals surface area contributed by atoms with Crippen LogP contribution in [0.4, 0.5) is 0 Å². The number of benzene rings is 1. The predicted molar refractivity (Wildman–Crippen MR) is 78.6 cm³/mol. The van der Waals surface area contributed by atoms with E-state index in [4.69, 9.17) is 4.74 Å². The molecule has 0 aromatic heterocycles. The summed E-state index contributed by atoms with van der Waals surface area (Å²) in [5.74, 6) is 0. The van der Waals surface area contributed by atoms with E-state index in [1.165, 1.54) is 5.56 Å². The Bertz CT molecular complexity index is 405. The van der Waals surface area contributed by atoms with Gasteiger partial charge in [0.15, 0.2) is 0 Å². The van der Waals surface area contributed by atoms with Crippen molar-refractivity contribution in [1.82, 2.24) is 5.32 Å². The first-order chi connectivity index (χ1) is 8.55. The Labute approximate surface area is 118 Å². The summed E-state index contributed by atoms with van der Waals surface area (Å²) in [6.45, 7) is 8.45. The van der Waals surface area contributed by atoms with Gasteiger partial charge >= 0.3 is 0 Å². The van der Waals surface area contributed by atoms with Crippen LogP contribution in [0.3, 0.4) is 0 Å². The van der Waals surface area contributed by atoms with E-state index in [1.54, 1.807) is 0 Å². The molecule has 0 saturated heterocycles. The van der Waals surface area contributed by atoms with Crippen LogP contribution < -0.4 is 5.32 Å². The van der Waals surface area contributed by atoms with E-state index in [0.29, 0.717) is 18.8 Å². The van der Waals surface area contributed by atoms with Gasteiger partial charge in [0.25, 0.3) is 0 Å². The van der Waals surface area contributed by atoms with Crippen molar-refractivity contribution < 1.29 is 4.74 Å². The minimum atomic E-state index is 0.233. The van der Waals surface area contributed by atoms with Gasteiger partial charge in [0.2, 0.25) is 0 Å². The van der Waals surface area contributed by atoms with E-state index in [9.17, 15) is 0 Å². The van der Waals surface area contributed by atoms with Crippen LogP contribution >= 0.6 is 15.9 Å². The van der Waals surface area contributed by atoms with Crippen LogP contribution in [0.5, 0.6) is 0 Å². The van der Waals surface area contributed by atoms with E-state index in [1.807, 2.05) is 6.07 Å². The molecule has 18 heavy (non-hydrogen) atoms. The molecule has 0 spiro atoms. The molecule has 0 aliphatic heterocycles. The van der Waals surface area contributed by atoms with Crippen LogP contribution in [-0.2, 0) is 11.3 Å². The first-order valence-corrected chi connectivity index (χ1v) is 7.43. The van der Waals surface area contributed by atoms with Crippen molar-refractivity contribution >= 4 is 15.9 Å². The molecule has 1 fully saturated rings. The lowest BCUT2D eigenvalue weighted by molar-refractivity contribution is -0.124. The summed E-state index contributed by atoms with van der Waals surface area (Å²) in [6.07, 6.45) is 1.47. The summed E-state index contributed by atoms with van der Waals surface area (Å²) in [5.41, 5.74) is 1.46. The van der Waals surface area contributed by atoms with Crippen molar-refractivity contribution in [2.24, 2.45) is 5.41 Å². The van der Waals surface area contributed by atoms with Crippen molar-refractivity contribution in [2.75, 3.05) is 6.54 Å². The molecule has 0 amide bonds. The van der Waals surface area contributed by atoms with E-state index in [0.717, 1.165) is 17.4 Å². The predicted octanol–water partition coefficient (Wildman–Crippen LogP) is 3.74. The third-order valence-electron chi connectivity index (χ3n) is 4.03. The average molecular weight is 312 g/mol. The highest BCUT2D eigenvalue weighted by Gasteiger charge is 2.48. The van der Waals surface area contributed by atoms with Gasteiger partial charge in [-0.15, -0.1) is 0 Å². The Hall–Kier alpha value is -0.380. The van der Waals surface area contributed by atoms with E-state index in [2.05, 4.69) is 60.2 Å². The van der Waals surface area contributed by atoms with Gasteiger partial charge in [-0.25, -0.2) is 0 Å². The highest BCUT2D eigenvalue weighted by Crippen LogP contribution is 2.43. The summed E-state index contributed by atoms with van der Waals surface area (Å²) in [5, 5.41) is 3.52. The fourth-order valence-electron chi connectivity index (χ4n) is 2.57. The summed E-state index contributed by atoms with van der Waals surface area (Å²) >= 11 is 3.56. The molecule has 2 unspecified atom stereocenters. The minimum absolute atomic E-state index is 0.233. The molecule has 2 rings (SSSR count). The van der Waals surface area contributed by atoms with Crippen LogP contribution in [0.15, 0.2) is 28.7 Å². The Morgan fingerprint density at radius 3 is 2.72 bits per heavy atom. The number of halogens is 1. The Balaban J connectivity index is 1.88. The van der Waals surface area contributed by atoms with Crippen LogP contribution in [-0.4, -0.2) is 18.7 Å². The summed E-state index contributed by atoms with van der Waals surface area (Å²) < 4.78 is 7.20. The maximum absolute atomic E-state index is 6.07. The lowest BCUT2D eigenvalue weighted by Gasteiger charge is -2.52. The van der Waals surface area contributed by atoms with Gasteiger partial charge in [-0.1, -0.05) is 54.9 Å². The van der Waals surface area contributed by atoms with Gasteiger partial charge in [-0.2, -0.15) is 0 Å². The Morgan fingerprint density at radius 2 is 2.11 bits per heavy atom. The van der Waals surface area contributed by atoms with Gasteiger partial charge in [0, 0.05) is 15.9 Å². The van der Waals surface area contributed by atoms with Gasteiger partial charge < -0.3 is 10.1 Å². The number of hydrogen-bond donors (Lipinski definition) is 1. The molecule has 3 heteroatoms. The molecular weight excluding hydrogens is 290 g/mol. The molecule has 1 aromatic carbocycles. The highest BCUT2D eigenvalue weighted by atomic mass is 79.9. The molecular formula is C15H22BrNO. The third-order valence-corrected chi connectivity index (χ3v) is 4.80. The maximum atomic E-state index is 6.07. The van der Waals surface area contributed by atoms with E-state index < -0.39 is 0 Å². The topological polar surface area (TPSA) is 21.3 Å². The molecule has 1 saturated carbocycles. The van der Waals surface area contributed by atoms with Gasteiger partial charge in [-0.3, -0.25) is 0 Å². The fraction of sp³-hybridized carbons (Fsp3) is 0.600. The smallest absolute Gasteiger partial charge is 0.0731 e. The highest BCUT2D eigenvalue weighted by molar-refractivity contribution is 9.10. The van der Waals surface area contributed by atoms with Crippen LogP contribution in [0.2, 0.25) is 0 Å². The molecule has 1 aliphatic rings. The Morgan fingerprint density at radius 1 is 1.39 bits per heavy atom. The largest absolute Gasteiger partial charge is 0.373 e. The van der Waals surface area contributed by atoms with Gasteiger partial charge in [0.05, 0.1) is 12.7 Å². The second-order valence-corrected chi connectivity index (χ2v) is 6.41. The van der Waals surface area contributed by atoms with Gasteiger partial charge in [-0.05, 0) is 24.6 Å². The maximum Gasteiger partial charge on any atom is 0.0731 e. The van der Waals surface area contributed by atoms with Crippen molar-refractivity contribution in [3.05, 3.63) is 34.3 Å². The van der Waals surface area contributed by atoms with Gasteiger partial charge in [0.1, 0.15) is 0 Å². The van der Waals surface area contributed by atoms with Crippen LogP contribution in [0.25, 0.3) is 0 Å². The quantitative estimate of drug-likeness (QED) is 0.894. The third kappa shape index (κ3) is 2.79. The number of rotatable bonds is 5. The second-order valence-electron chi connectivity index (χ2n) is 5.56. The molecule has 1 aliphatic carbocycles. The van der Waals surface area contributed by atoms with Crippen LogP contribution in [0, 0.1) is 5.41 Å². The molecule has 100 valence electrons. The second kappa shape index (κ2) is 5.72. The SMILES string of the molecule is CCNC1CC(OCc2ccccc2Br)C1(C)C. The minimum Gasteiger partial charge on any atom is -0.373 e. The van der Waals surface area contributed by atoms with Crippen molar-refractivity contribution in [3.8, 4) is 0 Å². The zero-order valence-electron chi connectivity index (χ0n) is 11.4. The molecule has 2 atom stereocenters. The normalized spacial score (nSPS) is 25.8. The van der Waals surface area contributed by atoms with Crippen molar-refractivity contribution in [1.29, 1.82) is 0 Å². The number of hydrogen-bond acceptors (Lipinski definition) is 2. The standard InChI is InChI=1S/C15H22BrNO/c1-4-17-13-9-14(15(13,2)3)18-10-11-7-5-6-8-12(11)16/h5-8,13-14,17H,4,9-10H2,1-3H3. The lowest BCUT2D eigenvalue weighted by Crippen LogP contribution is -2.60. The number of ether oxygens (including phenoxy) is 1. The summed E-state index contributed by atoms with van der Waals surface area (Å²) in [7, 11) is 0. The first kappa shape index (κ1) is 14.0. The summed E-state index contributed by atoms with van der Waals surface area (Å²) in [6, 6.07) is 8.84. The van der Waals surface area contributed by atoms with Crippen molar-refractivity contribution in [2.45, 2.75) is 45.9 Å². The molecule has 1 aromatic rings. The van der Waals surface area contributed by atoms with E-state index >= 15 is 0 Å². The lowest BCUT2D eigenvalue weighted by atomic mass is 9.64. The summed E-state index contributed by atoms with van der Waals surface area (Å²) in [4.78, 5) is 0. The molecule has 1 N–H and O–H groups in total. The zero-order valence-corrected chi connectivity index (χ0v) is 13.0. The van der Waals surface area contributed by atoms with Crippen molar-refractivity contribution in [3.63, 3.8) is 0 Å². The average Bonchev–Trinajstić information content (AvgIpc) is 2.35. The molecule has 0 bridgehead atoms. The first-order valence-electron chi connectivity index (χ1n) is 6.64. The molecule has 0 radical (unpaired) electrons. The Kier molecular flexibility index (Phi) is 4.46. The fourth-order valence-corrected chi connectivity index (χ4v) is 2.97. The number of nitrogens with one attached hydrogen (secondary N) is 1. The molecule has 2 nitrogen and oxygen atoms in total. The molecule has 0 heterocycles. The van der Waals surface area contributed by atoms with E-state index in [-0.39, 0.29) is 5.41 Å².